The number of rotatable bonds is 5. The molecule has 3 rings (SSSR count). The molecule has 1 aromatic rings. The van der Waals surface area contributed by atoms with Gasteiger partial charge >= 0.3 is 0 Å². The molecule has 1 unspecified atom stereocenters. The van der Waals surface area contributed by atoms with Gasteiger partial charge in [0.15, 0.2) is 0 Å². The molecule has 2 N–H and O–H groups in total. The second-order valence-electron chi connectivity index (χ2n) is 6.72. The maximum absolute atomic E-state index is 12.6. The summed E-state index contributed by atoms with van der Waals surface area (Å²) < 4.78 is 5.34. The van der Waals surface area contributed by atoms with Gasteiger partial charge in [0.05, 0.1) is 25.1 Å². The van der Waals surface area contributed by atoms with Gasteiger partial charge in [-0.2, -0.15) is 0 Å². The molecule has 25 heavy (non-hydrogen) atoms. The van der Waals surface area contributed by atoms with E-state index >= 15 is 0 Å². The van der Waals surface area contributed by atoms with E-state index in [1.165, 1.54) is 6.92 Å². The fourth-order valence-electron chi connectivity index (χ4n) is 3.57. The molecule has 2 fully saturated rings. The molecule has 136 valence electrons. The zero-order valence-corrected chi connectivity index (χ0v) is 14.7. The molecule has 1 saturated heterocycles. The molecule has 0 spiro atoms. The lowest BCUT2D eigenvalue weighted by molar-refractivity contribution is -0.126. The quantitative estimate of drug-likeness (QED) is 0.845. The van der Waals surface area contributed by atoms with Crippen molar-refractivity contribution in [2.75, 3.05) is 36.5 Å². The summed E-state index contributed by atoms with van der Waals surface area (Å²) in [5.41, 5.74) is 0.648. The Labute approximate surface area is 148 Å². The second kappa shape index (κ2) is 8.29. The van der Waals surface area contributed by atoms with Crippen LogP contribution in [0, 0.1) is 5.92 Å². The highest BCUT2D eigenvalue weighted by atomic mass is 16.5. The topological polar surface area (TPSA) is 83.6 Å². The van der Waals surface area contributed by atoms with Crippen molar-refractivity contribution in [2.45, 2.75) is 38.6 Å². The van der Waals surface area contributed by atoms with Crippen molar-refractivity contribution in [2.24, 2.45) is 5.92 Å². The maximum atomic E-state index is 12.6. The summed E-state index contributed by atoms with van der Waals surface area (Å²) in [6, 6.07) is 3.29. The van der Waals surface area contributed by atoms with Gasteiger partial charge in [0.1, 0.15) is 11.9 Å². The Bertz CT molecular complexity index is 593. The Kier molecular flexibility index (Phi) is 5.86. The normalized spacial score (nSPS) is 19.5. The highest BCUT2D eigenvalue weighted by Gasteiger charge is 2.31. The molecular weight excluding hydrogens is 320 g/mol. The van der Waals surface area contributed by atoms with Crippen molar-refractivity contribution < 1.29 is 14.3 Å². The second-order valence-corrected chi connectivity index (χ2v) is 6.72. The lowest BCUT2D eigenvalue weighted by Gasteiger charge is -2.28. The van der Waals surface area contributed by atoms with Crippen LogP contribution in [0.5, 0.6) is 0 Å². The first kappa shape index (κ1) is 17.7. The number of pyridine rings is 1. The first-order valence-corrected chi connectivity index (χ1v) is 9.00. The van der Waals surface area contributed by atoms with E-state index in [2.05, 4.69) is 20.5 Å². The van der Waals surface area contributed by atoms with Crippen molar-refractivity contribution in [1.82, 2.24) is 10.3 Å². The van der Waals surface area contributed by atoms with Crippen LogP contribution in [0.1, 0.15) is 32.6 Å². The number of anilines is 2. The molecule has 0 aromatic carbocycles. The average Bonchev–Trinajstić information content (AvgIpc) is 3.15. The fraction of sp³-hybridized carbons (Fsp3) is 0.611. The zero-order valence-electron chi connectivity index (χ0n) is 14.7. The average molecular weight is 346 g/mol. The smallest absolute Gasteiger partial charge is 0.247 e. The summed E-state index contributed by atoms with van der Waals surface area (Å²) in [5.74, 6) is 0.760. The minimum Gasteiger partial charge on any atom is -0.378 e. The Morgan fingerprint density at radius 1 is 1.24 bits per heavy atom. The number of carbonyl (C=O) groups excluding carboxylic acids is 2. The molecule has 2 aliphatic rings. The summed E-state index contributed by atoms with van der Waals surface area (Å²) in [6.45, 7) is 4.52. The monoisotopic (exact) mass is 346 g/mol. The molecule has 1 aliphatic carbocycles. The van der Waals surface area contributed by atoms with E-state index in [9.17, 15) is 9.59 Å². The van der Waals surface area contributed by atoms with Crippen molar-refractivity contribution in [3.05, 3.63) is 18.3 Å². The highest BCUT2D eigenvalue weighted by Crippen LogP contribution is 2.28. The summed E-state index contributed by atoms with van der Waals surface area (Å²) in [4.78, 5) is 30.7. The van der Waals surface area contributed by atoms with Crippen LogP contribution < -0.4 is 15.5 Å². The molecule has 0 bridgehead atoms. The molecule has 1 atom stereocenters. The summed E-state index contributed by atoms with van der Waals surface area (Å²) in [5, 5.41) is 5.71. The number of amides is 2. The number of ether oxygens (including phenoxy) is 1. The molecule has 1 aliphatic heterocycles. The maximum Gasteiger partial charge on any atom is 0.247 e. The third kappa shape index (κ3) is 4.69. The third-order valence-corrected chi connectivity index (χ3v) is 4.86. The van der Waals surface area contributed by atoms with Crippen molar-refractivity contribution in [3.8, 4) is 0 Å². The van der Waals surface area contributed by atoms with Crippen molar-refractivity contribution in [3.63, 3.8) is 0 Å². The summed E-state index contributed by atoms with van der Waals surface area (Å²) in [7, 11) is 0. The minimum atomic E-state index is -0.473. The van der Waals surface area contributed by atoms with E-state index < -0.39 is 6.04 Å². The molecule has 1 saturated carbocycles. The van der Waals surface area contributed by atoms with Gasteiger partial charge in [-0.05, 0) is 30.9 Å². The van der Waals surface area contributed by atoms with Gasteiger partial charge < -0.3 is 20.3 Å². The Balaban J connectivity index is 1.62. The van der Waals surface area contributed by atoms with E-state index in [-0.39, 0.29) is 17.7 Å². The van der Waals surface area contributed by atoms with Crippen LogP contribution in [0.3, 0.4) is 0 Å². The van der Waals surface area contributed by atoms with Crippen LogP contribution in [-0.4, -0.2) is 49.1 Å². The number of hydrogen-bond donors (Lipinski definition) is 2. The lowest BCUT2D eigenvalue weighted by atomic mass is 9.97. The first-order chi connectivity index (χ1) is 12.1. The van der Waals surface area contributed by atoms with E-state index in [0.29, 0.717) is 18.9 Å². The van der Waals surface area contributed by atoms with Crippen LogP contribution in [-0.2, 0) is 14.3 Å². The van der Waals surface area contributed by atoms with E-state index in [4.69, 9.17) is 4.74 Å². The Hall–Kier alpha value is -2.15. The molecule has 7 heteroatoms. The van der Waals surface area contributed by atoms with E-state index in [0.717, 1.165) is 44.6 Å². The predicted molar refractivity (Wildman–Crippen MR) is 95.5 cm³/mol. The summed E-state index contributed by atoms with van der Waals surface area (Å²) >= 11 is 0. The van der Waals surface area contributed by atoms with Gasteiger partial charge in [-0.15, -0.1) is 0 Å². The van der Waals surface area contributed by atoms with E-state index in [1.807, 2.05) is 12.1 Å². The first-order valence-electron chi connectivity index (χ1n) is 9.00. The van der Waals surface area contributed by atoms with Gasteiger partial charge in [-0.25, -0.2) is 4.98 Å². The van der Waals surface area contributed by atoms with Crippen molar-refractivity contribution in [1.29, 1.82) is 0 Å². The number of hydrogen-bond acceptors (Lipinski definition) is 5. The largest absolute Gasteiger partial charge is 0.378 e. The molecule has 0 radical (unpaired) electrons. The number of aromatic nitrogens is 1. The molecule has 2 amide bonds. The molecular formula is C18H26N4O3. The summed E-state index contributed by atoms with van der Waals surface area (Å²) in [6.07, 6.45) is 5.86. The standard InChI is InChI=1S/C18H26N4O3/c1-13(23)20-17(14-4-2-3-5-14)18(24)21-15-6-7-16(19-12-15)22-8-10-25-11-9-22/h6-7,12,14,17H,2-5,8-11H2,1H3,(H,20,23)(H,21,24). The van der Waals surface area contributed by atoms with Gasteiger partial charge in [-0.1, -0.05) is 12.8 Å². The van der Waals surface area contributed by atoms with E-state index in [1.54, 1.807) is 6.20 Å². The highest BCUT2D eigenvalue weighted by molar-refractivity contribution is 5.97. The Morgan fingerprint density at radius 3 is 2.56 bits per heavy atom. The third-order valence-electron chi connectivity index (χ3n) is 4.86. The number of carbonyl (C=O) groups is 2. The number of nitrogens with zero attached hydrogens (tertiary/aromatic N) is 2. The van der Waals surface area contributed by atoms with Crippen LogP contribution in [0.4, 0.5) is 11.5 Å². The number of morpholine rings is 1. The fourth-order valence-corrected chi connectivity index (χ4v) is 3.57. The van der Waals surface area contributed by atoms with Crippen LogP contribution in [0.25, 0.3) is 0 Å². The lowest BCUT2D eigenvalue weighted by Crippen LogP contribution is -2.47. The minimum absolute atomic E-state index is 0.164. The number of nitrogens with one attached hydrogen (secondary N) is 2. The van der Waals surface area contributed by atoms with Gasteiger partial charge in [0.25, 0.3) is 0 Å². The molecule has 7 nitrogen and oxygen atoms in total. The zero-order chi connectivity index (χ0) is 17.6. The van der Waals surface area contributed by atoms with Crippen molar-refractivity contribution >= 4 is 23.3 Å². The van der Waals surface area contributed by atoms with Crippen LogP contribution in [0.2, 0.25) is 0 Å². The molecule has 1 aromatic heterocycles. The van der Waals surface area contributed by atoms with Gasteiger partial charge in [-0.3, -0.25) is 9.59 Å². The molecule has 2 heterocycles. The van der Waals surface area contributed by atoms with Gasteiger partial charge in [0.2, 0.25) is 11.8 Å². The van der Waals surface area contributed by atoms with Crippen LogP contribution >= 0.6 is 0 Å². The van der Waals surface area contributed by atoms with Gasteiger partial charge in [0, 0.05) is 20.0 Å². The predicted octanol–water partition coefficient (Wildman–Crippen LogP) is 1.55. The SMILES string of the molecule is CC(=O)NC(C(=O)Nc1ccc(N2CCOCC2)nc1)C1CCCC1. The Morgan fingerprint density at radius 2 is 1.96 bits per heavy atom. The van der Waals surface area contributed by atoms with Crippen LogP contribution in [0.15, 0.2) is 18.3 Å².